The van der Waals surface area contributed by atoms with Crippen LogP contribution in [-0.4, -0.2) is 53.0 Å². The van der Waals surface area contributed by atoms with Crippen LogP contribution in [0.25, 0.3) is 0 Å². The van der Waals surface area contributed by atoms with Gasteiger partial charge < -0.3 is 39.0 Å². The van der Waals surface area contributed by atoms with Crippen molar-refractivity contribution < 1.29 is 48.6 Å². The lowest BCUT2D eigenvalue weighted by Crippen LogP contribution is -2.38. The molecule has 4 aromatic carbocycles. The van der Waals surface area contributed by atoms with Crippen molar-refractivity contribution in [2.24, 2.45) is 5.92 Å². The summed E-state index contributed by atoms with van der Waals surface area (Å²) in [6.45, 7) is 7.74. The molecule has 2 heterocycles. The number of Topliss-reactive ketones (excluding diaryl/α,β-unsaturated/α-hetero) is 1. The highest BCUT2D eigenvalue weighted by Gasteiger charge is 2.41. The van der Waals surface area contributed by atoms with E-state index in [9.17, 15) is 24.9 Å². The van der Waals surface area contributed by atoms with Crippen molar-refractivity contribution in [3.05, 3.63) is 106 Å². The Bertz CT molecular complexity index is 1860. The van der Waals surface area contributed by atoms with Crippen molar-refractivity contribution >= 4 is 11.8 Å². The lowest BCUT2D eigenvalue weighted by atomic mass is 9.92. The Morgan fingerprint density at radius 1 is 0.816 bits per heavy atom. The van der Waals surface area contributed by atoms with Crippen molar-refractivity contribution in [3.63, 3.8) is 0 Å². The van der Waals surface area contributed by atoms with Crippen molar-refractivity contribution in [3.8, 4) is 34.5 Å². The zero-order valence-corrected chi connectivity index (χ0v) is 28.0. The summed E-state index contributed by atoms with van der Waals surface area (Å²) >= 11 is 0. The number of hydrogen-bond acceptors (Lipinski definition) is 10. The zero-order chi connectivity index (χ0) is 35.0. The first-order valence-electron chi connectivity index (χ1n) is 16.3. The van der Waals surface area contributed by atoms with Gasteiger partial charge in [0.25, 0.3) is 0 Å². The highest BCUT2D eigenvalue weighted by atomic mass is 16.6. The number of phenols is 2. The average molecular weight is 669 g/mol. The maximum atomic E-state index is 13.2. The second kappa shape index (κ2) is 13.7. The number of aliphatic hydroxyl groups is 1. The molecule has 0 amide bonds. The van der Waals surface area contributed by atoms with E-state index in [1.54, 1.807) is 50.2 Å². The predicted molar refractivity (Wildman–Crippen MR) is 180 cm³/mol. The first kappa shape index (κ1) is 33.7. The highest BCUT2D eigenvalue weighted by molar-refractivity contribution is 6.05. The molecule has 49 heavy (non-hydrogen) atoms. The highest BCUT2D eigenvalue weighted by Crippen LogP contribution is 2.45. The summed E-state index contributed by atoms with van der Waals surface area (Å²) in [5, 5.41) is 31.5. The molecule has 0 radical (unpaired) electrons. The Balaban J connectivity index is 1.25. The molecule has 5 atom stereocenters. The van der Waals surface area contributed by atoms with Gasteiger partial charge >= 0.3 is 5.97 Å². The van der Waals surface area contributed by atoms with E-state index in [4.69, 9.17) is 23.7 Å². The Morgan fingerprint density at radius 3 is 2.22 bits per heavy atom. The summed E-state index contributed by atoms with van der Waals surface area (Å²) in [5.74, 6) is -0.334. The third-order valence-corrected chi connectivity index (χ3v) is 8.85. The molecule has 0 saturated heterocycles. The Kier molecular flexibility index (Phi) is 9.43. The van der Waals surface area contributed by atoms with Crippen LogP contribution in [0.2, 0.25) is 0 Å². The SMILES string of the molecule is COc1cc(C2Oc3cc([C@@H]4Oc5cc(C)cc(O)c5C(=O)C4O)ccc3O[C@H]2COC(=O)[C@H](C)c2ccc(CC(C)C)cc2)ccc1O. The number of carbonyl (C=O) groups is 2. The molecule has 3 N–H and O–H groups in total. The number of benzene rings is 4. The van der Waals surface area contributed by atoms with Crippen LogP contribution in [0, 0.1) is 12.8 Å². The van der Waals surface area contributed by atoms with E-state index in [-0.39, 0.29) is 35.2 Å². The number of hydrogen-bond donors (Lipinski definition) is 3. The summed E-state index contributed by atoms with van der Waals surface area (Å²) < 4.78 is 30.0. The predicted octanol–water partition coefficient (Wildman–Crippen LogP) is 6.52. The molecule has 0 bridgehead atoms. The van der Waals surface area contributed by atoms with Crippen molar-refractivity contribution in [1.29, 1.82) is 0 Å². The minimum absolute atomic E-state index is 0.0588. The first-order chi connectivity index (χ1) is 23.4. The molecule has 10 heteroatoms. The summed E-state index contributed by atoms with van der Waals surface area (Å²) in [4.78, 5) is 26.3. The van der Waals surface area contributed by atoms with Gasteiger partial charge in [-0.25, -0.2) is 0 Å². The number of fused-ring (bicyclic) bond motifs is 2. The molecule has 256 valence electrons. The second-order valence-electron chi connectivity index (χ2n) is 13.0. The summed E-state index contributed by atoms with van der Waals surface area (Å²) in [6, 6.07) is 20.7. The second-order valence-corrected chi connectivity index (χ2v) is 13.0. The van der Waals surface area contributed by atoms with E-state index in [1.165, 1.54) is 24.8 Å². The molecule has 6 rings (SSSR count). The van der Waals surface area contributed by atoms with Crippen molar-refractivity contribution in [1.82, 2.24) is 0 Å². The molecule has 0 fully saturated rings. The standard InChI is InChI=1S/C39H40O10/c1-20(2)14-23-6-8-24(9-7-23)22(4)39(44)46-19-33-37(25-10-12-27(40)30(17-25)45-5)48-31-18-26(11-13-29(31)47-33)38-36(43)35(42)34-28(41)15-21(3)16-32(34)49-38/h6-13,15-18,20,22,33,36-38,40-41,43H,14,19H2,1-5H3/t22-,33+,36?,37?,38+/m1/s1. The average Bonchev–Trinajstić information content (AvgIpc) is 3.07. The number of esters is 1. The zero-order valence-electron chi connectivity index (χ0n) is 28.0. The molecule has 2 aliphatic heterocycles. The third kappa shape index (κ3) is 6.87. The van der Waals surface area contributed by atoms with Crippen LogP contribution >= 0.6 is 0 Å². The van der Waals surface area contributed by atoms with E-state index < -0.39 is 42.1 Å². The van der Waals surface area contributed by atoms with Gasteiger partial charge in [0.15, 0.2) is 47.4 Å². The minimum Gasteiger partial charge on any atom is -0.507 e. The topological polar surface area (TPSA) is 141 Å². The summed E-state index contributed by atoms with van der Waals surface area (Å²) in [7, 11) is 1.44. The number of phenolic OH excluding ortho intramolecular Hbond substituents is 2. The Hall–Kier alpha value is -5.22. The van der Waals surface area contributed by atoms with Gasteiger partial charge in [-0.05, 0) is 84.8 Å². The maximum Gasteiger partial charge on any atom is 0.313 e. The number of carbonyl (C=O) groups excluding carboxylic acids is 2. The van der Waals surface area contributed by atoms with E-state index in [0.29, 0.717) is 34.1 Å². The normalized spacial score (nSPS) is 20.3. The van der Waals surface area contributed by atoms with Crippen LogP contribution in [-0.2, 0) is 16.0 Å². The molecular weight excluding hydrogens is 628 g/mol. The molecule has 0 aromatic heterocycles. The number of aliphatic hydroxyl groups excluding tert-OH is 1. The minimum atomic E-state index is -1.58. The molecule has 0 spiro atoms. The van der Waals surface area contributed by atoms with Gasteiger partial charge in [0, 0.05) is 5.56 Å². The fourth-order valence-electron chi connectivity index (χ4n) is 6.26. The molecule has 10 nitrogen and oxygen atoms in total. The number of methoxy groups -OCH3 is 1. The van der Waals surface area contributed by atoms with Gasteiger partial charge in [-0.15, -0.1) is 0 Å². The molecule has 0 aliphatic carbocycles. The van der Waals surface area contributed by atoms with Gasteiger partial charge in [-0.2, -0.15) is 0 Å². The van der Waals surface area contributed by atoms with Crippen molar-refractivity contribution in [2.75, 3.05) is 13.7 Å². The van der Waals surface area contributed by atoms with Crippen LogP contribution < -0.4 is 18.9 Å². The molecule has 4 aromatic rings. The van der Waals surface area contributed by atoms with E-state index >= 15 is 0 Å². The van der Waals surface area contributed by atoms with Crippen LogP contribution in [0.5, 0.6) is 34.5 Å². The van der Waals surface area contributed by atoms with Gasteiger partial charge in [-0.3, -0.25) is 9.59 Å². The van der Waals surface area contributed by atoms with Gasteiger partial charge in [0.2, 0.25) is 5.78 Å². The Labute approximate surface area is 284 Å². The smallest absolute Gasteiger partial charge is 0.313 e. The molecule has 0 saturated carbocycles. The number of aromatic hydroxyl groups is 2. The monoisotopic (exact) mass is 668 g/mol. The van der Waals surface area contributed by atoms with Gasteiger partial charge in [0.05, 0.1) is 13.0 Å². The fourth-order valence-corrected chi connectivity index (χ4v) is 6.26. The molecular formula is C39H40O10. The number of ketones is 1. The molecule has 2 unspecified atom stereocenters. The number of aryl methyl sites for hydroxylation is 1. The number of rotatable bonds is 9. The van der Waals surface area contributed by atoms with Crippen molar-refractivity contribution in [2.45, 2.75) is 64.4 Å². The fraction of sp³-hybridized carbons (Fsp3) is 0.333. The maximum absolute atomic E-state index is 13.2. The van der Waals surface area contributed by atoms with Crippen LogP contribution in [0.4, 0.5) is 0 Å². The van der Waals surface area contributed by atoms with E-state index in [0.717, 1.165) is 12.0 Å². The lowest BCUT2D eigenvalue weighted by molar-refractivity contribution is -0.150. The van der Waals surface area contributed by atoms with Crippen LogP contribution in [0.15, 0.2) is 72.8 Å². The third-order valence-electron chi connectivity index (χ3n) is 8.85. The van der Waals surface area contributed by atoms with Gasteiger partial charge in [-0.1, -0.05) is 50.2 Å². The largest absolute Gasteiger partial charge is 0.507 e. The summed E-state index contributed by atoms with van der Waals surface area (Å²) in [5.41, 5.74) is 3.70. The lowest BCUT2D eigenvalue weighted by Gasteiger charge is -2.35. The van der Waals surface area contributed by atoms with E-state index in [2.05, 4.69) is 13.8 Å². The number of ether oxygens (including phenoxy) is 5. The van der Waals surface area contributed by atoms with Gasteiger partial charge in [0.1, 0.15) is 23.7 Å². The molecule has 2 aliphatic rings. The quantitative estimate of drug-likeness (QED) is 0.169. The first-order valence-corrected chi connectivity index (χ1v) is 16.3. The Morgan fingerprint density at radius 2 is 1.51 bits per heavy atom. The van der Waals surface area contributed by atoms with Crippen LogP contribution in [0.3, 0.4) is 0 Å². The van der Waals surface area contributed by atoms with Crippen LogP contribution in [0.1, 0.15) is 77.1 Å². The van der Waals surface area contributed by atoms with E-state index in [1.807, 2.05) is 24.3 Å². The summed E-state index contributed by atoms with van der Waals surface area (Å²) in [6.07, 6.45) is -3.30.